The summed E-state index contributed by atoms with van der Waals surface area (Å²) >= 11 is 0. The van der Waals surface area contributed by atoms with Crippen LogP contribution in [0.2, 0.25) is 0 Å². The lowest BCUT2D eigenvalue weighted by molar-refractivity contribution is 1.37. The number of pyridine rings is 2. The molecule has 2 heterocycles. The highest BCUT2D eigenvalue weighted by Gasteiger charge is 2.19. The Morgan fingerprint density at radius 1 is 0.432 bits per heavy atom. The Hall–Kier alpha value is -5.86. The molecule has 44 heavy (non-hydrogen) atoms. The first kappa shape index (κ1) is 17.9. The van der Waals surface area contributed by atoms with E-state index in [-0.39, 0.29) is 45.7 Å². The molecule has 0 aliphatic rings. The summed E-state index contributed by atoms with van der Waals surface area (Å²) in [5.74, 6) is 0. The topological polar surface area (TPSA) is 25.8 Å². The number of nitrogens with zero attached hydrogens (tertiary/aromatic N) is 2. The second-order valence-electron chi connectivity index (χ2n) is 10.7. The SMILES string of the molecule is [2H]c1c([2H])c([2H])c2c(-c3ccc(-c4ccc5ccc6cccnc6c5n4)c4ccccc34)c3c([2H])c([2H])c([2H])c([2H])c3c(-c3ccccc3)c2c1[2H]. The summed E-state index contributed by atoms with van der Waals surface area (Å²) in [6.07, 6.45) is 1.75. The molecule has 0 amide bonds. The van der Waals surface area contributed by atoms with Gasteiger partial charge in [-0.05, 0) is 66.7 Å². The second-order valence-corrected chi connectivity index (χ2v) is 10.7. The summed E-state index contributed by atoms with van der Waals surface area (Å²) in [4.78, 5) is 9.72. The van der Waals surface area contributed by atoms with Crippen molar-refractivity contribution in [1.82, 2.24) is 9.97 Å². The molecular formula is C42H26N2. The van der Waals surface area contributed by atoms with Gasteiger partial charge in [0, 0.05) is 22.5 Å². The molecule has 0 aliphatic heterocycles. The highest BCUT2D eigenvalue weighted by Crippen LogP contribution is 2.46. The van der Waals surface area contributed by atoms with Crippen molar-refractivity contribution in [3.05, 3.63) is 158 Å². The van der Waals surface area contributed by atoms with Crippen LogP contribution < -0.4 is 0 Å². The molecule has 7 aromatic carbocycles. The van der Waals surface area contributed by atoms with Crippen LogP contribution in [0.15, 0.2) is 158 Å². The zero-order chi connectivity index (χ0) is 36.0. The minimum atomic E-state index is -0.430. The van der Waals surface area contributed by atoms with Gasteiger partial charge in [-0.15, -0.1) is 0 Å². The van der Waals surface area contributed by atoms with E-state index in [9.17, 15) is 5.48 Å². The summed E-state index contributed by atoms with van der Waals surface area (Å²) in [7, 11) is 0. The normalized spacial score (nSPS) is 14.2. The first-order chi connectivity index (χ1) is 25.2. The van der Waals surface area contributed by atoms with Crippen molar-refractivity contribution in [2.45, 2.75) is 0 Å². The molecule has 0 atom stereocenters. The van der Waals surface area contributed by atoms with Gasteiger partial charge >= 0.3 is 0 Å². The fraction of sp³-hybridized carbons (Fsp3) is 0. The summed E-state index contributed by atoms with van der Waals surface area (Å²) in [5, 5.41) is 4.22. The van der Waals surface area contributed by atoms with Gasteiger partial charge < -0.3 is 0 Å². The minimum Gasteiger partial charge on any atom is -0.254 e. The van der Waals surface area contributed by atoms with E-state index in [4.69, 9.17) is 10.5 Å². The van der Waals surface area contributed by atoms with E-state index in [0.29, 0.717) is 27.9 Å². The first-order valence-corrected chi connectivity index (χ1v) is 14.4. The molecule has 0 saturated carbocycles. The van der Waals surface area contributed by atoms with Crippen LogP contribution in [0.25, 0.3) is 87.6 Å². The van der Waals surface area contributed by atoms with Crippen molar-refractivity contribution in [2.24, 2.45) is 0 Å². The summed E-state index contributed by atoms with van der Waals surface area (Å²) in [6.45, 7) is 0. The Kier molecular flexibility index (Phi) is 4.02. The van der Waals surface area contributed by atoms with Gasteiger partial charge in [-0.1, -0.05) is 139 Å². The van der Waals surface area contributed by atoms with Gasteiger partial charge in [0.25, 0.3) is 0 Å². The van der Waals surface area contributed by atoms with E-state index in [0.717, 1.165) is 38.1 Å². The fourth-order valence-corrected chi connectivity index (χ4v) is 6.40. The molecule has 9 aromatic rings. The van der Waals surface area contributed by atoms with Gasteiger partial charge in [0.1, 0.15) is 0 Å². The molecule has 0 fully saturated rings. The number of benzene rings is 7. The molecule has 2 aromatic heterocycles. The van der Waals surface area contributed by atoms with Crippen LogP contribution in [0.3, 0.4) is 0 Å². The minimum absolute atomic E-state index is 0.182. The third-order valence-electron chi connectivity index (χ3n) is 8.34. The van der Waals surface area contributed by atoms with Crippen LogP contribution in [-0.4, -0.2) is 9.97 Å². The van der Waals surface area contributed by atoms with Gasteiger partial charge in [0.05, 0.1) is 27.7 Å². The molecule has 0 unspecified atom stereocenters. The third kappa shape index (κ3) is 3.75. The maximum Gasteiger partial charge on any atom is 0.0972 e. The van der Waals surface area contributed by atoms with Crippen molar-refractivity contribution >= 4 is 54.1 Å². The van der Waals surface area contributed by atoms with E-state index in [1.165, 1.54) is 0 Å². The molecule has 0 saturated heterocycles. The van der Waals surface area contributed by atoms with Crippen molar-refractivity contribution in [1.29, 1.82) is 0 Å². The fourth-order valence-electron chi connectivity index (χ4n) is 6.40. The standard InChI is InChI=1S/C42H26N2/c1-2-11-27(12-3-1)39-33-16-6-8-18-35(33)40(36-19-9-7-17-34(36)39)37-24-23-32(30-14-4-5-15-31(30)37)38-25-22-29-21-20-28-13-10-26-43-41(28)42(29)44-38/h1-26H/i6D,7D,8D,9D,16D,17D,18D,19D. The molecule has 9 rings (SSSR count). The Labute approximate surface area is 266 Å². The molecule has 2 heteroatoms. The predicted molar refractivity (Wildman–Crippen MR) is 186 cm³/mol. The van der Waals surface area contributed by atoms with Crippen LogP contribution >= 0.6 is 0 Å². The lowest BCUT2D eigenvalue weighted by Crippen LogP contribution is -1.93. The monoisotopic (exact) mass is 566 g/mol. The van der Waals surface area contributed by atoms with Gasteiger partial charge in [-0.2, -0.15) is 0 Å². The zero-order valence-corrected chi connectivity index (χ0v) is 23.3. The van der Waals surface area contributed by atoms with Gasteiger partial charge in [-0.25, -0.2) is 4.98 Å². The van der Waals surface area contributed by atoms with E-state index in [1.54, 1.807) is 30.5 Å². The van der Waals surface area contributed by atoms with Crippen LogP contribution in [0, 0.1) is 0 Å². The van der Waals surface area contributed by atoms with Crippen molar-refractivity contribution in [2.75, 3.05) is 0 Å². The highest BCUT2D eigenvalue weighted by molar-refractivity contribution is 6.24. The third-order valence-corrected chi connectivity index (χ3v) is 8.34. The van der Waals surface area contributed by atoms with Crippen molar-refractivity contribution < 1.29 is 11.0 Å². The Balaban J connectivity index is 1.46. The number of hydrogen-bond acceptors (Lipinski definition) is 2. The maximum absolute atomic E-state index is 9.30. The number of rotatable bonds is 3. The molecule has 0 bridgehead atoms. The molecule has 0 aliphatic carbocycles. The van der Waals surface area contributed by atoms with E-state index < -0.39 is 24.2 Å². The summed E-state index contributed by atoms with van der Waals surface area (Å²) < 4.78 is 71.9. The summed E-state index contributed by atoms with van der Waals surface area (Å²) in [6, 6.07) is 29.5. The molecule has 2 nitrogen and oxygen atoms in total. The molecule has 204 valence electrons. The molecule has 0 radical (unpaired) electrons. The predicted octanol–water partition coefficient (Wildman–Crippen LogP) is 11.2. The number of aromatic nitrogens is 2. The maximum atomic E-state index is 9.30. The number of hydrogen-bond donors (Lipinski definition) is 0. The molecule has 0 N–H and O–H groups in total. The Morgan fingerprint density at radius 3 is 1.70 bits per heavy atom. The first-order valence-electron chi connectivity index (χ1n) is 18.4. The molecule has 0 spiro atoms. The van der Waals surface area contributed by atoms with Gasteiger partial charge in [0.15, 0.2) is 0 Å². The molecular weight excluding hydrogens is 532 g/mol. The second kappa shape index (κ2) is 9.86. The zero-order valence-electron chi connectivity index (χ0n) is 31.3. The van der Waals surface area contributed by atoms with E-state index >= 15 is 0 Å². The average Bonchev–Trinajstić information content (AvgIpc) is 3.19. The summed E-state index contributed by atoms with van der Waals surface area (Å²) in [5.41, 5.74) is 4.88. The van der Waals surface area contributed by atoms with E-state index in [1.807, 2.05) is 78.9 Å². The lowest BCUT2D eigenvalue weighted by atomic mass is 9.84. The van der Waals surface area contributed by atoms with Gasteiger partial charge in [-0.3, -0.25) is 4.98 Å². The Morgan fingerprint density at radius 2 is 1.00 bits per heavy atom. The highest BCUT2D eigenvalue weighted by atomic mass is 14.8. The van der Waals surface area contributed by atoms with Gasteiger partial charge in [0.2, 0.25) is 0 Å². The average molecular weight is 567 g/mol. The lowest BCUT2D eigenvalue weighted by Gasteiger charge is -2.19. The Bertz CT molecular complexity index is 2920. The van der Waals surface area contributed by atoms with Crippen LogP contribution in [0.1, 0.15) is 11.0 Å². The van der Waals surface area contributed by atoms with Crippen molar-refractivity contribution in [3.63, 3.8) is 0 Å². The van der Waals surface area contributed by atoms with Crippen LogP contribution in [-0.2, 0) is 0 Å². The number of fused-ring (bicyclic) bond motifs is 6. The van der Waals surface area contributed by atoms with Crippen LogP contribution in [0.5, 0.6) is 0 Å². The van der Waals surface area contributed by atoms with Crippen LogP contribution in [0.4, 0.5) is 0 Å². The smallest absolute Gasteiger partial charge is 0.0972 e. The quantitative estimate of drug-likeness (QED) is 0.157. The largest absolute Gasteiger partial charge is 0.254 e. The van der Waals surface area contributed by atoms with Crippen molar-refractivity contribution in [3.8, 4) is 33.5 Å². The van der Waals surface area contributed by atoms with E-state index in [2.05, 4.69) is 4.98 Å².